The summed E-state index contributed by atoms with van der Waals surface area (Å²) < 4.78 is 15.1. The van der Waals surface area contributed by atoms with Gasteiger partial charge >= 0.3 is 5.69 Å². The third-order valence-electron chi connectivity index (χ3n) is 10.6. The molecular formula is C38H39FN8O4. The van der Waals surface area contributed by atoms with E-state index in [9.17, 15) is 28.8 Å². The molecule has 3 aliphatic rings. The molecule has 2 heterocycles. The third kappa shape index (κ3) is 5.99. The van der Waals surface area contributed by atoms with Crippen LogP contribution in [0.4, 0.5) is 4.39 Å². The number of aromatic amines is 1. The van der Waals surface area contributed by atoms with E-state index >= 15 is 0 Å². The molecule has 13 heteroatoms. The Kier molecular flexibility index (Phi) is 8.81. The quantitative estimate of drug-likeness (QED) is 0.210. The molecule has 3 aromatic carbocycles. The van der Waals surface area contributed by atoms with Crippen LogP contribution in [-0.2, 0) is 23.1 Å². The highest BCUT2D eigenvalue weighted by molar-refractivity contribution is 5.95. The molecule has 4 N–H and O–H groups in total. The van der Waals surface area contributed by atoms with Gasteiger partial charge in [0, 0.05) is 37.3 Å². The van der Waals surface area contributed by atoms with Crippen molar-refractivity contribution in [2.24, 2.45) is 5.92 Å². The predicted octanol–water partition coefficient (Wildman–Crippen LogP) is 2.73. The van der Waals surface area contributed by atoms with Crippen LogP contribution in [0.5, 0.6) is 0 Å². The van der Waals surface area contributed by atoms with Crippen LogP contribution in [0.2, 0.25) is 0 Å². The summed E-state index contributed by atoms with van der Waals surface area (Å²) in [6.45, 7) is 1.97. The fourth-order valence-corrected chi connectivity index (χ4v) is 8.08. The number of nitrogens with zero attached hydrogens (tertiary/aromatic N) is 4. The van der Waals surface area contributed by atoms with Crippen molar-refractivity contribution in [2.45, 2.75) is 62.6 Å². The van der Waals surface area contributed by atoms with E-state index in [-0.39, 0.29) is 36.3 Å². The van der Waals surface area contributed by atoms with E-state index in [1.807, 2.05) is 31.2 Å². The van der Waals surface area contributed by atoms with Gasteiger partial charge in [0.05, 0.1) is 23.7 Å². The smallest absolute Gasteiger partial charge is 0.348 e. The second-order valence-electron chi connectivity index (χ2n) is 13.7. The lowest BCUT2D eigenvalue weighted by molar-refractivity contribution is -0.131. The maximum absolute atomic E-state index is 13.9. The van der Waals surface area contributed by atoms with Gasteiger partial charge in [0.1, 0.15) is 17.7 Å². The van der Waals surface area contributed by atoms with Crippen molar-refractivity contribution in [3.63, 3.8) is 0 Å². The molecule has 3 amide bonds. The number of amides is 3. The molecule has 1 saturated carbocycles. The van der Waals surface area contributed by atoms with Crippen molar-refractivity contribution in [1.29, 1.82) is 5.26 Å². The summed E-state index contributed by atoms with van der Waals surface area (Å²) in [5.74, 6) is -0.368. The zero-order valence-electron chi connectivity index (χ0n) is 28.6. The van der Waals surface area contributed by atoms with Gasteiger partial charge in [-0.05, 0) is 116 Å². The molecule has 1 aromatic heterocycles. The molecular weight excluding hydrogens is 651 g/mol. The van der Waals surface area contributed by atoms with E-state index in [1.54, 1.807) is 31.1 Å². The number of nitriles is 1. The minimum absolute atomic E-state index is 0.0180. The van der Waals surface area contributed by atoms with Crippen LogP contribution in [-0.4, -0.2) is 76.2 Å². The molecule has 0 bridgehead atoms. The van der Waals surface area contributed by atoms with E-state index < -0.39 is 23.0 Å². The Hall–Kier alpha value is -5.61. The van der Waals surface area contributed by atoms with Gasteiger partial charge in [-0.15, -0.1) is 5.10 Å². The average Bonchev–Trinajstić information content (AvgIpc) is 3.68. The largest absolute Gasteiger partial charge is 0.355 e. The van der Waals surface area contributed by atoms with Crippen LogP contribution in [0.3, 0.4) is 0 Å². The summed E-state index contributed by atoms with van der Waals surface area (Å²) in [4.78, 5) is 57.5. The van der Waals surface area contributed by atoms with Crippen LogP contribution in [0, 0.1) is 23.1 Å². The van der Waals surface area contributed by atoms with Crippen molar-refractivity contribution in [3.05, 3.63) is 116 Å². The molecule has 0 spiro atoms. The van der Waals surface area contributed by atoms with E-state index in [0.717, 1.165) is 28.7 Å². The molecule has 0 radical (unpaired) electrons. The van der Waals surface area contributed by atoms with Gasteiger partial charge < -0.3 is 20.9 Å². The number of hydrogen-bond acceptors (Lipinski definition) is 7. The lowest BCUT2D eigenvalue weighted by Gasteiger charge is -2.37. The van der Waals surface area contributed by atoms with Gasteiger partial charge in [0.25, 0.3) is 11.8 Å². The number of benzene rings is 3. The molecule has 4 atom stereocenters. The number of halogens is 1. The topological polar surface area (TPSA) is 165 Å². The fourth-order valence-electron chi connectivity index (χ4n) is 8.08. The Morgan fingerprint density at radius 1 is 0.980 bits per heavy atom. The predicted molar refractivity (Wildman–Crippen MR) is 186 cm³/mol. The zero-order chi connectivity index (χ0) is 36.0. The Morgan fingerprint density at radius 3 is 2.16 bits per heavy atom. The lowest BCUT2D eigenvalue weighted by atomic mass is 9.67. The highest BCUT2D eigenvalue weighted by Gasteiger charge is 2.54. The number of piperidine rings is 1. The third-order valence-corrected chi connectivity index (χ3v) is 10.6. The summed E-state index contributed by atoms with van der Waals surface area (Å²) in [6.07, 6.45) is 3.00. The molecule has 4 aromatic rings. The number of rotatable bonds is 9. The molecule has 2 aliphatic carbocycles. The van der Waals surface area contributed by atoms with Gasteiger partial charge in [0.15, 0.2) is 0 Å². The fraction of sp³-hybridized carbons (Fsp3) is 0.368. The number of H-pyrrole nitrogens is 1. The summed E-state index contributed by atoms with van der Waals surface area (Å²) in [5, 5.41) is 23.3. The highest BCUT2D eigenvalue weighted by Crippen LogP contribution is 2.48. The Labute approximate surface area is 294 Å². The first-order chi connectivity index (χ1) is 24.6. The van der Waals surface area contributed by atoms with Crippen molar-refractivity contribution < 1.29 is 18.8 Å². The number of hydrogen-bond donors (Lipinski definition) is 4. The first-order valence-corrected chi connectivity index (χ1v) is 17.2. The maximum atomic E-state index is 13.9. The first kappa shape index (κ1) is 33.9. The number of likely N-dealkylation sites (tertiary alicyclic amines) is 1. The van der Waals surface area contributed by atoms with Gasteiger partial charge in [-0.1, -0.05) is 12.1 Å². The van der Waals surface area contributed by atoms with Gasteiger partial charge in [-0.2, -0.15) is 9.94 Å². The number of fused-ring (bicyclic) bond motifs is 3. The molecule has 1 aliphatic heterocycles. The van der Waals surface area contributed by atoms with Crippen LogP contribution in [0.1, 0.15) is 75.0 Å². The Morgan fingerprint density at radius 2 is 1.59 bits per heavy atom. The van der Waals surface area contributed by atoms with E-state index in [1.165, 1.54) is 28.9 Å². The van der Waals surface area contributed by atoms with E-state index in [2.05, 4.69) is 27.0 Å². The number of aryl methyl sites for hydroxylation is 2. The van der Waals surface area contributed by atoms with Crippen LogP contribution >= 0.6 is 0 Å². The van der Waals surface area contributed by atoms with Gasteiger partial charge in [0.2, 0.25) is 5.91 Å². The SMILES string of the molecule is CNC(=O)c1ccc2c(c1)CCc1cc(C(=O)NC)ccc1C2(C[C@@H](C)NCC(=O)N1C(C#N)C[C@@H]2C[C@@H]21)c1nn(-c2ccc(F)cc2)c(=O)[nH]1. The molecule has 51 heavy (non-hydrogen) atoms. The molecule has 12 nitrogen and oxygen atoms in total. The molecule has 1 saturated heterocycles. The van der Waals surface area contributed by atoms with E-state index in [0.29, 0.717) is 54.2 Å². The average molecular weight is 691 g/mol. The van der Waals surface area contributed by atoms with Crippen molar-refractivity contribution >= 4 is 17.7 Å². The summed E-state index contributed by atoms with van der Waals surface area (Å²) in [5.41, 5.74) is 2.99. The molecule has 7 rings (SSSR count). The first-order valence-electron chi connectivity index (χ1n) is 17.2. The summed E-state index contributed by atoms with van der Waals surface area (Å²) in [7, 11) is 3.14. The van der Waals surface area contributed by atoms with Crippen LogP contribution < -0.4 is 21.6 Å². The summed E-state index contributed by atoms with van der Waals surface area (Å²) >= 11 is 0. The lowest BCUT2D eigenvalue weighted by Crippen LogP contribution is -2.46. The van der Waals surface area contributed by atoms with E-state index in [4.69, 9.17) is 5.10 Å². The summed E-state index contributed by atoms with van der Waals surface area (Å²) in [6, 6.07) is 18.1. The molecule has 2 fully saturated rings. The molecule has 1 unspecified atom stereocenters. The number of carbonyl (C=O) groups excluding carboxylic acids is 3. The van der Waals surface area contributed by atoms with Crippen LogP contribution in [0.25, 0.3) is 5.69 Å². The normalized spacial score (nSPS) is 20.2. The van der Waals surface area contributed by atoms with Crippen molar-refractivity contribution in [2.75, 3.05) is 20.6 Å². The van der Waals surface area contributed by atoms with Crippen LogP contribution in [0.15, 0.2) is 65.5 Å². The highest BCUT2D eigenvalue weighted by atomic mass is 19.1. The monoisotopic (exact) mass is 690 g/mol. The minimum Gasteiger partial charge on any atom is -0.355 e. The second kappa shape index (κ2) is 13.3. The Bertz CT molecular complexity index is 2070. The Balaban J connectivity index is 1.38. The second-order valence-corrected chi connectivity index (χ2v) is 13.7. The van der Waals surface area contributed by atoms with Crippen molar-refractivity contribution in [1.82, 2.24) is 35.6 Å². The number of aromatic nitrogens is 3. The minimum atomic E-state index is -1.14. The standard InChI is InChI=1S/C38H39FN8O4/c1-21(43-20-33(48)46-29(19-40)16-26-17-32(26)46)18-38(36-44-37(51)47(45-36)28-10-8-27(39)9-11-28)30-12-6-24(34(49)41-2)14-22(30)4-5-23-15-25(35(50)42-3)7-13-31(23)38/h6-15,21,26,29,32,43H,4-5,16-18,20H2,1-3H3,(H,41,49)(H,42,50)(H,44,45,51)/t21-,26-,29?,32+/m1/s1. The number of carbonyl (C=O) groups is 3. The van der Waals surface area contributed by atoms with Gasteiger partial charge in [-0.25, -0.2) is 9.18 Å². The maximum Gasteiger partial charge on any atom is 0.348 e. The number of nitrogens with one attached hydrogen (secondary N) is 4. The molecule has 262 valence electrons. The zero-order valence-corrected chi connectivity index (χ0v) is 28.6. The van der Waals surface area contributed by atoms with Gasteiger partial charge in [-0.3, -0.25) is 19.4 Å². The van der Waals surface area contributed by atoms with Crippen molar-refractivity contribution in [3.8, 4) is 11.8 Å².